The van der Waals surface area contributed by atoms with Crippen LogP contribution in [0.5, 0.6) is 0 Å². The fraction of sp³-hybridized carbons (Fsp3) is 0.143. The molecule has 82 valence electrons. The fourth-order valence-corrected chi connectivity index (χ4v) is 2.14. The normalized spacial score (nSPS) is 10.1. The van der Waals surface area contributed by atoms with Gasteiger partial charge in [0, 0.05) is 15.8 Å². The van der Waals surface area contributed by atoms with Gasteiger partial charge >= 0.3 is 0 Å². The highest BCUT2D eigenvalue weighted by Crippen LogP contribution is 2.12. The summed E-state index contributed by atoms with van der Waals surface area (Å²) in [6.07, 6.45) is 1.06. The second-order valence-corrected chi connectivity index (χ2v) is 4.92. The third-order valence-electron chi connectivity index (χ3n) is 2.41. The van der Waals surface area contributed by atoms with Crippen molar-refractivity contribution in [2.45, 2.75) is 6.42 Å². The Bertz CT molecular complexity index is 439. The van der Waals surface area contributed by atoms with E-state index in [9.17, 15) is 0 Å². The van der Waals surface area contributed by atoms with Gasteiger partial charge in [-0.3, -0.25) is 0 Å². The minimum atomic E-state index is 0.976. The SMILES string of the molecule is Ic1cccc(NCCc2ccccc2)c1. The van der Waals surface area contributed by atoms with Gasteiger partial charge < -0.3 is 5.32 Å². The standard InChI is InChI=1S/C14H14IN/c15-13-7-4-8-14(11-13)16-10-9-12-5-2-1-3-6-12/h1-8,11,16H,9-10H2. The van der Waals surface area contributed by atoms with Gasteiger partial charge in [-0.2, -0.15) is 0 Å². The van der Waals surface area contributed by atoms with Gasteiger partial charge in [-0.1, -0.05) is 36.4 Å². The van der Waals surface area contributed by atoms with Crippen LogP contribution in [0.3, 0.4) is 0 Å². The van der Waals surface area contributed by atoms with Crippen LogP contribution in [0.4, 0.5) is 5.69 Å². The minimum absolute atomic E-state index is 0.976. The van der Waals surface area contributed by atoms with E-state index in [-0.39, 0.29) is 0 Å². The molecule has 2 aromatic rings. The maximum absolute atomic E-state index is 3.43. The third-order valence-corrected chi connectivity index (χ3v) is 3.08. The van der Waals surface area contributed by atoms with Crippen LogP contribution < -0.4 is 5.32 Å². The maximum Gasteiger partial charge on any atom is 0.0350 e. The van der Waals surface area contributed by atoms with Gasteiger partial charge in [0.1, 0.15) is 0 Å². The summed E-state index contributed by atoms with van der Waals surface area (Å²) in [5.41, 5.74) is 2.57. The van der Waals surface area contributed by atoms with Gasteiger partial charge in [-0.15, -0.1) is 0 Å². The van der Waals surface area contributed by atoms with Gasteiger partial charge in [0.2, 0.25) is 0 Å². The second kappa shape index (κ2) is 5.89. The Labute approximate surface area is 110 Å². The van der Waals surface area contributed by atoms with Crippen molar-refractivity contribution in [2.75, 3.05) is 11.9 Å². The monoisotopic (exact) mass is 323 g/mol. The summed E-state index contributed by atoms with van der Waals surface area (Å²) in [6.45, 7) is 0.976. The van der Waals surface area contributed by atoms with Crippen LogP contribution >= 0.6 is 22.6 Å². The van der Waals surface area contributed by atoms with Crippen molar-refractivity contribution >= 4 is 28.3 Å². The van der Waals surface area contributed by atoms with Crippen molar-refractivity contribution in [3.63, 3.8) is 0 Å². The van der Waals surface area contributed by atoms with E-state index < -0.39 is 0 Å². The van der Waals surface area contributed by atoms with E-state index in [1.165, 1.54) is 14.8 Å². The lowest BCUT2D eigenvalue weighted by Crippen LogP contribution is -2.04. The molecule has 2 aromatic carbocycles. The third kappa shape index (κ3) is 3.52. The van der Waals surface area contributed by atoms with Crippen molar-refractivity contribution in [2.24, 2.45) is 0 Å². The number of hydrogen-bond acceptors (Lipinski definition) is 1. The summed E-state index contributed by atoms with van der Waals surface area (Å²) < 4.78 is 1.27. The highest BCUT2D eigenvalue weighted by Gasteiger charge is 1.94. The number of hydrogen-bond donors (Lipinski definition) is 1. The van der Waals surface area contributed by atoms with Crippen molar-refractivity contribution in [1.29, 1.82) is 0 Å². The fourth-order valence-electron chi connectivity index (χ4n) is 1.59. The molecule has 0 saturated carbocycles. The molecule has 0 bridgehead atoms. The first-order chi connectivity index (χ1) is 7.84. The smallest absolute Gasteiger partial charge is 0.0350 e. The first-order valence-corrected chi connectivity index (χ1v) is 6.46. The van der Waals surface area contributed by atoms with E-state index in [0.29, 0.717) is 0 Å². The molecule has 1 N–H and O–H groups in total. The van der Waals surface area contributed by atoms with Crippen LogP contribution in [-0.2, 0) is 6.42 Å². The molecule has 0 atom stereocenters. The van der Waals surface area contributed by atoms with E-state index >= 15 is 0 Å². The zero-order valence-corrected chi connectivity index (χ0v) is 11.1. The van der Waals surface area contributed by atoms with Gasteiger partial charge in [-0.05, 0) is 52.8 Å². The molecule has 0 aliphatic rings. The number of benzene rings is 2. The molecular weight excluding hydrogens is 309 g/mol. The number of anilines is 1. The number of nitrogens with one attached hydrogen (secondary N) is 1. The predicted octanol–water partition coefficient (Wildman–Crippen LogP) is 3.95. The van der Waals surface area contributed by atoms with Crippen LogP contribution in [0.25, 0.3) is 0 Å². The topological polar surface area (TPSA) is 12.0 Å². The maximum atomic E-state index is 3.43. The summed E-state index contributed by atoms with van der Waals surface area (Å²) in [4.78, 5) is 0. The molecule has 0 aromatic heterocycles. The molecule has 0 heterocycles. The van der Waals surface area contributed by atoms with Crippen LogP contribution in [0.2, 0.25) is 0 Å². The van der Waals surface area contributed by atoms with E-state index in [0.717, 1.165) is 13.0 Å². The van der Waals surface area contributed by atoms with E-state index in [1.54, 1.807) is 0 Å². The first-order valence-electron chi connectivity index (χ1n) is 5.38. The van der Waals surface area contributed by atoms with Crippen molar-refractivity contribution < 1.29 is 0 Å². The molecule has 0 aliphatic carbocycles. The predicted molar refractivity (Wildman–Crippen MR) is 77.8 cm³/mol. The zero-order valence-electron chi connectivity index (χ0n) is 8.99. The highest BCUT2D eigenvalue weighted by atomic mass is 127. The number of rotatable bonds is 4. The lowest BCUT2D eigenvalue weighted by molar-refractivity contribution is 1.02. The molecule has 2 rings (SSSR count). The molecule has 0 fully saturated rings. The summed E-state index contributed by atoms with van der Waals surface area (Å²) in [7, 11) is 0. The van der Waals surface area contributed by atoms with Gasteiger partial charge in [0.25, 0.3) is 0 Å². The average molecular weight is 323 g/mol. The van der Waals surface area contributed by atoms with E-state index in [4.69, 9.17) is 0 Å². The van der Waals surface area contributed by atoms with Crippen LogP contribution in [0.15, 0.2) is 54.6 Å². The second-order valence-electron chi connectivity index (χ2n) is 3.67. The molecule has 0 saturated heterocycles. The van der Waals surface area contributed by atoms with Crippen LogP contribution in [-0.4, -0.2) is 6.54 Å². The van der Waals surface area contributed by atoms with E-state index in [1.807, 2.05) is 0 Å². The van der Waals surface area contributed by atoms with Gasteiger partial charge in [-0.25, -0.2) is 0 Å². The Morgan fingerprint density at radius 2 is 1.75 bits per heavy atom. The summed E-state index contributed by atoms with van der Waals surface area (Å²) in [6, 6.07) is 19.0. The Morgan fingerprint density at radius 3 is 2.50 bits per heavy atom. The van der Waals surface area contributed by atoms with Crippen molar-refractivity contribution in [1.82, 2.24) is 0 Å². The molecule has 2 heteroatoms. The summed E-state index contributed by atoms with van der Waals surface area (Å²) in [5, 5.41) is 3.43. The Kier molecular flexibility index (Phi) is 4.22. The molecule has 16 heavy (non-hydrogen) atoms. The Hall–Kier alpha value is -1.03. The van der Waals surface area contributed by atoms with E-state index in [2.05, 4.69) is 82.5 Å². The molecule has 0 amide bonds. The molecule has 1 nitrogen and oxygen atoms in total. The lowest BCUT2D eigenvalue weighted by Gasteiger charge is -2.06. The summed E-state index contributed by atoms with van der Waals surface area (Å²) >= 11 is 2.33. The van der Waals surface area contributed by atoms with Crippen LogP contribution in [0.1, 0.15) is 5.56 Å². The Morgan fingerprint density at radius 1 is 0.938 bits per heavy atom. The molecule has 0 unspecified atom stereocenters. The zero-order chi connectivity index (χ0) is 11.2. The average Bonchev–Trinajstić information content (AvgIpc) is 2.30. The quantitative estimate of drug-likeness (QED) is 0.840. The van der Waals surface area contributed by atoms with Crippen LogP contribution in [0, 0.1) is 3.57 Å². The summed E-state index contributed by atoms with van der Waals surface area (Å²) in [5.74, 6) is 0. The van der Waals surface area contributed by atoms with Crippen molar-refractivity contribution in [3.8, 4) is 0 Å². The number of halogens is 1. The van der Waals surface area contributed by atoms with Gasteiger partial charge in [0.15, 0.2) is 0 Å². The minimum Gasteiger partial charge on any atom is -0.385 e. The Balaban J connectivity index is 1.85. The first kappa shape index (κ1) is 11.5. The molecule has 0 aliphatic heterocycles. The lowest BCUT2D eigenvalue weighted by atomic mass is 10.1. The highest BCUT2D eigenvalue weighted by molar-refractivity contribution is 14.1. The van der Waals surface area contributed by atoms with Crippen molar-refractivity contribution in [3.05, 3.63) is 63.7 Å². The largest absolute Gasteiger partial charge is 0.385 e. The molecule has 0 spiro atoms. The molecular formula is C14H14IN. The molecule has 0 radical (unpaired) electrons. The van der Waals surface area contributed by atoms with Gasteiger partial charge in [0.05, 0.1) is 0 Å².